The Kier molecular flexibility index (Phi) is 5.59. The predicted molar refractivity (Wildman–Crippen MR) is 110 cm³/mol. The van der Waals surface area contributed by atoms with E-state index in [4.69, 9.17) is 23.2 Å². The van der Waals surface area contributed by atoms with Gasteiger partial charge in [-0.15, -0.1) is 0 Å². The molecule has 2 saturated heterocycles. The summed E-state index contributed by atoms with van der Waals surface area (Å²) >= 11 is 12.1. The lowest BCUT2D eigenvalue weighted by Gasteiger charge is -2.20. The van der Waals surface area contributed by atoms with Gasteiger partial charge in [-0.25, -0.2) is 5.43 Å². The lowest BCUT2D eigenvalue weighted by molar-refractivity contribution is 0.838. The van der Waals surface area contributed by atoms with E-state index in [1.54, 1.807) is 18.3 Å². The lowest BCUT2D eigenvalue weighted by atomic mass is 10.2. The highest BCUT2D eigenvalue weighted by molar-refractivity contribution is 6.36. The summed E-state index contributed by atoms with van der Waals surface area (Å²) in [5.74, 6) is 1.87. The van der Waals surface area contributed by atoms with Crippen LogP contribution in [-0.4, -0.2) is 47.3 Å². The highest BCUT2D eigenvalue weighted by atomic mass is 35.5. The summed E-state index contributed by atoms with van der Waals surface area (Å²) in [5.41, 5.74) is 3.69. The van der Waals surface area contributed by atoms with E-state index in [1.807, 2.05) is 6.07 Å². The normalized spacial score (nSPS) is 17.3. The molecule has 1 aromatic carbocycles. The molecule has 0 unspecified atom stereocenters. The van der Waals surface area contributed by atoms with E-state index in [1.165, 1.54) is 25.7 Å². The maximum Gasteiger partial charge on any atom is 0.250 e. The molecule has 0 bridgehead atoms. The van der Waals surface area contributed by atoms with Gasteiger partial charge in [0.15, 0.2) is 0 Å². The number of halogens is 2. The predicted octanol–water partition coefficient (Wildman–Crippen LogP) is 3.82. The second-order valence-corrected chi connectivity index (χ2v) is 7.53. The summed E-state index contributed by atoms with van der Waals surface area (Å²) in [6, 6.07) is 5.27. The highest BCUT2D eigenvalue weighted by Crippen LogP contribution is 2.23. The Morgan fingerprint density at radius 2 is 1.48 bits per heavy atom. The zero-order valence-corrected chi connectivity index (χ0v) is 16.4. The van der Waals surface area contributed by atoms with Gasteiger partial charge in [-0.1, -0.05) is 29.3 Å². The number of nitrogens with zero attached hydrogens (tertiary/aromatic N) is 6. The van der Waals surface area contributed by atoms with Gasteiger partial charge < -0.3 is 9.80 Å². The molecule has 0 amide bonds. The van der Waals surface area contributed by atoms with Gasteiger partial charge in [0.05, 0.1) is 11.2 Å². The van der Waals surface area contributed by atoms with Crippen molar-refractivity contribution in [3.63, 3.8) is 0 Å². The van der Waals surface area contributed by atoms with Crippen LogP contribution in [0.4, 0.5) is 17.8 Å². The molecule has 0 saturated carbocycles. The van der Waals surface area contributed by atoms with Gasteiger partial charge >= 0.3 is 0 Å². The van der Waals surface area contributed by atoms with Crippen molar-refractivity contribution in [3.05, 3.63) is 33.8 Å². The molecule has 0 radical (unpaired) electrons. The maximum absolute atomic E-state index is 6.18. The quantitative estimate of drug-likeness (QED) is 0.601. The monoisotopic (exact) mass is 405 g/mol. The zero-order chi connectivity index (χ0) is 18.6. The molecule has 0 atom stereocenters. The zero-order valence-electron chi connectivity index (χ0n) is 14.9. The van der Waals surface area contributed by atoms with Gasteiger partial charge in [-0.2, -0.15) is 20.1 Å². The molecule has 2 fully saturated rings. The molecule has 2 aromatic rings. The second-order valence-electron chi connectivity index (χ2n) is 6.68. The summed E-state index contributed by atoms with van der Waals surface area (Å²) in [7, 11) is 0. The minimum atomic E-state index is 0.440. The minimum absolute atomic E-state index is 0.440. The number of hydrogen-bond acceptors (Lipinski definition) is 7. The van der Waals surface area contributed by atoms with E-state index in [0.29, 0.717) is 27.9 Å². The van der Waals surface area contributed by atoms with E-state index in [-0.39, 0.29) is 0 Å². The van der Waals surface area contributed by atoms with E-state index < -0.39 is 0 Å². The van der Waals surface area contributed by atoms with Crippen LogP contribution in [0.3, 0.4) is 0 Å². The van der Waals surface area contributed by atoms with Crippen LogP contribution < -0.4 is 15.2 Å². The molecule has 27 heavy (non-hydrogen) atoms. The molecule has 7 nitrogen and oxygen atoms in total. The van der Waals surface area contributed by atoms with Crippen molar-refractivity contribution >= 4 is 47.3 Å². The van der Waals surface area contributed by atoms with Crippen molar-refractivity contribution in [2.75, 3.05) is 41.4 Å². The van der Waals surface area contributed by atoms with Gasteiger partial charge in [0.2, 0.25) is 17.8 Å². The first-order valence-corrected chi connectivity index (χ1v) is 9.95. The Balaban J connectivity index is 1.55. The van der Waals surface area contributed by atoms with E-state index >= 15 is 0 Å². The number of anilines is 3. The van der Waals surface area contributed by atoms with Crippen molar-refractivity contribution in [1.82, 2.24) is 15.0 Å². The van der Waals surface area contributed by atoms with Crippen molar-refractivity contribution in [2.24, 2.45) is 5.10 Å². The molecule has 0 aliphatic carbocycles. The van der Waals surface area contributed by atoms with Crippen LogP contribution in [0.5, 0.6) is 0 Å². The smallest absolute Gasteiger partial charge is 0.250 e. The minimum Gasteiger partial charge on any atom is -0.341 e. The van der Waals surface area contributed by atoms with Crippen LogP contribution in [0, 0.1) is 0 Å². The molecular weight excluding hydrogens is 385 g/mol. The Labute approximate surface area is 168 Å². The Hall–Kier alpha value is -2.12. The first-order chi connectivity index (χ1) is 13.2. The molecule has 2 aliphatic rings. The summed E-state index contributed by atoms with van der Waals surface area (Å²) in [5, 5.41) is 5.38. The van der Waals surface area contributed by atoms with Crippen molar-refractivity contribution in [3.8, 4) is 0 Å². The van der Waals surface area contributed by atoms with Gasteiger partial charge in [0.25, 0.3) is 0 Å². The number of aromatic nitrogens is 3. The van der Waals surface area contributed by atoms with E-state index in [2.05, 4.69) is 35.3 Å². The summed E-state index contributed by atoms with van der Waals surface area (Å²) in [6.07, 6.45) is 6.30. The molecule has 2 aliphatic heterocycles. The molecule has 0 spiro atoms. The van der Waals surface area contributed by atoms with Crippen LogP contribution in [0.1, 0.15) is 31.2 Å². The molecule has 1 N–H and O–H groups in total. The largest absolute Gasteiger partial charge is 0.341 e. The second kappa shape index (κ2) is 8.27. The lowest BCUT2D eigenvalue weighted by Crippen LogP contribution is -2.25. The van der Waals surface area contributed by atoms with Gasteiger partial charge in [0, 0.05) is 36.8 Å². The van der Waals surface area contributed by atoms with Crippen molar-refractivity contribution < 1.29 is 0 Å². The fourth-order valence-electron chi connectivity index (χ4n) is 3.29. The highest BCUT2D eigenvalue weighted by Gasteiger charge is 2.21. The van der Waals surface area contributed by atoms with Gasteiger partial charge in [0.1, 0.15) is 0 Å². The SMILES string of the molecule is Clc1ccc(C=NNc2nc(N3CCCC3)nc(N3CCCC3)n2)c(Cl)c1. The standard InChI is InChI=1S/C18H21Cl2N7/c19-14-6-5-13(15(20)11-14)12-21-25-16-22-17(26-7-1-2-8-26)24-18(23-16)27-9-3-4-10-27/h5-6,11-12H,1-4,7-10H2,(H,22,23,24,25). The average Bonchev–Trinajstić information content (AvgIpc) is 3.37. The van der Waals surface area contributed by atoms with Crippen LogP contribution in [0.25, 0.3) is 0 Å². The van der Waals surface area contributed by atoms with Gasteiger partial charge in [-0.05, 0) is 37.8 Å². The third-order valence-corrected chi connectivity index (χ3v) is 5.28. The molecule has 1 aromatic heterocycles. The number of benzene rings is 1. The maximum atomic E-state index is 6.18. The number of hydrazone groups is 1. The fraction of sp³-hybridized carbons (Fsp3) is 0.444. The first-order valence-electron chi connectivity index (χ1n) is 9.19. The number of nitrogens with one attached hydrogen (secondary N) is 1. The molecule has 9 heteroatoms. The number of hydrogen-bond donors (Lipinski definition) is 1. The number of rotatable bonds is 5. The summed E-state index contributed by atoms with van der Waals surface area (Å²) < 4.78 is 0. The molecular formula is C18H21Cl2N7. The van der Waals surface area contributed by atoms with Crippen molar-refractivity contribution in [2.45, 2.75) is 25.7 Å². The topological polar surface area (TPSA) is 69.5 Å². The summed E-state index contributed by atoms with van der Waals surface area (Å²) in [4.78, 5) is 18.2. The first kappa shape index (κ1) is 18.3. The Bertz CT molecular complexity index is 796. The van der Waals surface area contributed by atoms with Crippen LogP contribution in [-0.2, 0) is 0 Å². The van der Waals surface area contributed by atoms with E-state index in [9.17, 15) is 0 Å². The van der Waals surface area contributed by atoms with Crippen LogP contribution in [0.2, 0.25) is 10.0 Å². The molecule has 4 rings (SSSR count). The molecule has 3 heterocycles. The Morgan fingerprint density at radius 1 is 0.889 bits per heavy atom. The van der Waals surface area contributed by atoms with Crippen LogP contribution in [0.15, 0.2) is 23.3 Å². The average molecular weight is 406 g/mol. The van der Waals surface area contributed by atoms with E-state index in [0.717, 1.165) is 31.7 Å². The molecule has 142 valence electrons. The summed E-state index contributed by atoms with van der Waals surface area (Å²) in [6.45, 7) is 3.91. The Morgan fingerprint density at radius 3 is 2.04 bits per heavy atom. The third kappa shape index (κ3) is 4.42. The van der Waals surface area contributed by atoms with Crippen molar-refractivity contribution in [1.29, 1.82) is 0 Å². The van der Waals surface area contributed by atoms with Crippen LogP contribution >= 0.6 is 23.2 Å². The third-order valence-electron chi connectivity index (χ3n) is 4.72. The van der Waals surface area contributed by atoms with Gasteiger partial charge in [-0.3, -0.25) is 0 Å². The fourth-order valence-corrected chi connectivity index (χ4v) is 3.74.